The van der Waals surface area contributed by atoms with E-state index in [9.17, 15) is 9.59 Å². The molecule has 0 unspecified atom stereocenters. The molecule has 0 spiro atoms. The lowest BCUT2D eigenvalue weighted by Crippen LogP contribution is -2.45. The lowest BCUT2D eigenvalue weighted by Gasteiger charge is -2.27. The lowest BCUT2D eigenvalue weighted by molar-refractivity contribution is 0.112. The van der Waals surface area contributed by atoms with Gasteiger partial charge in [-0.1, -0.05) is 0 Å². The molecule has 14 heavy (non-hydrogen) atoms. The smallest absolute Gasteiger partial charge is 0.261 e. The molecule has 0 saturated carbocycles. The molecular weight excluding hydrogens is 180 g/mol. The van der Waals surface area contributed by atoms with Crippen LogP contribution >= 0.6 is 0 Å². The van der Waals surface area contributed by atoms with Gasteiger partial charge in [0.15, 0.2) is 6.29 Å². The van der Waals surface area contributed by atoms with Crippen LogP contribution in [0.5, 0.6) is 0 Å². The van der Waals surface area contributed by atoms with Crippen LogP contribution in [0.25, 0.3) is 0 Å². The van der Waals surface area contributed by atoms with Gasteiger partial charge < -0.3 is 9.88 Å². The van der Waals surface area contributed by atoms with Gasteiger partial charge in [-0.15, -0.1) is 0 Å². The molecule has 1 aliphatic heterocycles. The van der Waals surface area contributed by atoms with Crippen LogP contribution in [0, 0.1) is 5.92 Å². The molecule has 0 aliphatic carbocycles. The number of carbonyl (C=O) groups excluding carboxylic acids is 1. The van der Waals surface area contributed by atoms with Crippen molar-refractivity contribution in [3.8, 4) is 0 Å². The number of aromatic nitrogens is 1. The Balaban J connectivity index is 2.23. The Morgan fingerprint density at radius 3 is 2.93 bits per heavy atom. The van der Waals surface area contributed by atoms with Gasteiger partial charge in [-0.3, -0.25) is 9.59 Å². The number of nitrogens with one attached hydrogen (secondary N) is 1. The first-order chi connectivity index (χ1) is 6.81. The molecule has 1 fully saturated rings. The summed E-state index contributed by atoms with van der Waals surface area (Å²) in [6.07, 6.45) is 2.34. The van der Waals surface area contributed by atoms with Gasteiger partial charge in [-0.25, -0.2) is 0 Å². The second-order valence-electron chi connectivity index (χ2n) is 3.56. The second-order valence-corrected chi connectivity index (χ2v) is 3.56. The molecule has 74 valence electrons. The molecular formula is C10H12N2O2. The molecule has 0 aromatic carbocycles. The van der Waals surface area contributed by atoms with Crippen LogP contribution < -0.4 is 10.9 Å². The maximum absolute atomic E-state index is 11.6. The van der Waals surface area contributed by atoms with Crippen molar-refractivity contribution in [1.82, 2.24) is 9.88 Å². The Morgan fingerprint density at radius 1 is 1.57 bits per heavy atom. The molecule has 1 aromatic rings. The minimum absolute atomic E-state index is 0.186. The summed E-state index contributed by atoms with van der Waals surface area (Å²) in [6, 6.07) is 3.28. The number of rotatable bonds is 3. The molecule has 1 saturated heterocycles. The SMILES string of the molecule is O=Cc1cccn(CC2CNC2)c1=O. The highest BCUT2D eigenvalue weighted by molar-refractivity contribution is 5.73. The number of hydrogen-bond donors (Lipinski definition) is 1. The summed E-state index contributed by atoms with van der Waals surface area (Å²) in [5.41, 5.74) is 0.0502. The van der Waals surface area contributed by atoms with Gasteiger partial charge in [0.2, 0.25) is 0 Å². The Hall–Kier alpha value is -1.42. The fraction of sp³-hybridized carbons (Fsp3) is 0.400. The number of hydrogen-bond acceptors (Lipinski definition) is 3. The third-order valence-corrected chi connectivity index (χ3v) is 2.50. The van der Waals surface area contributed by atoms with E-state index in [1.54, 1.807) is 22.9 Å². The highest BCUT2D eigenvalue weighted by Crippen LogP contribution is 2.04. The Morgan fingerprint density at radius 2 is 2.36 bits per heavy atom. The first-order valence-electron chi connectivity index (χ1n) is 4.66. The normalized spacial score (nSPS) is 16.3. The largest absolute Gasteiger partial charge is 0.316 e. The van der Waals surface area contributed by atoms with E-state index in [1.807, 2.05) is 0 Å². The monoisotopic (exact) mass is 192 g/mol. The minimum atomic E-state index is -0.186. The van der Waals surface area contributed by atoms with Gasteiger partial charge in [-0.2, -0.15) is 0 Å². The van der Waals surface area contributed by atoms with Crippen molar-refractivity contribution >= 4 is 6.29 Å². The van der Waals surface area contributed by atoms with E-state index in [-0.39, 0.29) is 11.1 Å². The molecule has 0 radical (unpaired) electrons. The van der Waals surface area contributed by atoms with Gasteiger partial charge >= 0.3 is 0 Å². The van der Waals surface area contributed by atoms with Crippen molar-refractivity contribution in [3.05, 3.63) is 34.2 Å². The average Bonchev–Trinajstić information content (AvgIpc) is 2.13. The maximum Gasteiger partial charge on any atom is 0.261 e. The Labute approximate surface area is 81.6 Å². The zero-order valence-corrected chi connectivity index (χ0v) is 7.77. The van der Waals surface area contributed by atoms with Gasteiger partial charge in [0, 0.05) is 31.7 Å². The minimum Gasteiger partial charge on any atom is -0.316 e. The van der Waals surface area contributed by atoms with E-state index in [0.717, 1.165) is 13.1 Å². The average molecular weight is 192 g/mol. The third kappa shape index (κ3) is 1.61. The van der Waals surface area contributed by atoms with Crippen molar-refractivity contribution in [2.75, 3.05) is 13.1 Å². The molecule has 0 atom stereocenters. The summed E-state index contributed by atoms with van der Waals surface area (Å²) < 4.78 is 1.61. The van der Waals surface area contributed by atoms with Gasteiger partial charge in [-0.05, 0) is 12.1 Å². The van der Waals surface area contributed by atoms with Crippen LogP contribution in [0.15, 0.2) is 23.1 Å². The Bertz CT molecular complexity index is 393. The molecule has 1 aromatic heterocycles. The number of carbonyl (C=O) groups is 1. The summed E-state index contributed by atoms with van der Waals surface area (Å²) in [5, 5.41) is 3.14. The van der Waals surface area contributed by atoms with E-state index in [1.165, 1.54) is 0 Å². The topological polar surface area (TPSA) is 51.1 Å². The van der Waals surface area contributed by atoms with Crippen molar-refractivity contribution in [1.29, 1.82) is 0 Å². The van der Waals surface area contributed by atoms with Gasteiger partial charge in [0.25, 0.3) is 5.56 Å². The fourth-order valence-electron chi connectivity index (χ4n) is 1.54. The molecule has 4 heteroatoms. The van der Waals surface area contributed by atoms with E-state index in [4.69, 9.17) is 0 Å². The number of nitrogens with zero attached hydrogens (tertiary/aromatic N) is 1. The van der Waals surface area contributed by atoms with Crippen LogP contribution in [0.2, 0.25) is 0 Å². The first kappa shape index (κ1) is 9.15. The lowest BCUT2D eigenvalue weighted by atomic mass is 10.0. The summed E-state index contributed by atoms with van der Waals surface area (Å²) in [6.45, 7) is 2.61. The second kappa shape index (κ2) is 3.75. The fourth-order valence-corrected chi connectivity index (χ4v) is 1.54. The standard InChI is InChI=1S/C10H12N2O2/c13-7-9-2-1-3-12(10(9)14)6-8-4-11-5-8/h1-3,7-8,11H,4-6H2. The zero-order valence-electron chi connectivity index (χ0n) is 7.77. The maximum atomic E-state index is 11.6. The molecule has 2 rings (SSSR count). The Kier molecular flexibility index (Phi) is 2.45. The van der Waals surface area contributed by atoms with Crippen LogP contribution in [0.3, 0.4) is 0 Å². The van der Waals surface area contributed by atoms with E-state index < -0.39 is 0 Å². The predicted molar refractivity (Wildman–Crippen MR) is 52.4 cm³/mol. The molecule has 1 aliphatic rings. The number of aldehydes is 1. The summed E-state index contributed by atoms with van der Waals surface area (Å²) in [4.78, 5) is 22.1. The highest BCUT2D eigenvalue weighted by atomic mass is 16.1. The van der Waals surface area contributed by atoms with Crippen LogP contribution in [0.4, 0.5) is 0 Å². The van der Waals surface area contributed by atoms with Gasteiger partial charge in [0.05, 0.1) is 5.56 Å². The molecule has 2 heterocycles. The molecule has 0 amide bonds. The molecule has 4 nitrogen and oxygen atoms in total. The van der Waals surface area contributed by atoms with Crippen molar-refractivity contribution in [3.63, 3.8) is 0 Å². The first-order valence-corrected chi connectivity index (χ1v) is 4.66. The quantitative estimate of drug-likeness (QED) is 0.679. The number of pyridine rings is 1. The van der Waals surface area contributed by atoms with Crippen molar-refractivity contribution < 1.29 is 4.79 Å². The summed E-state index contributed by atoms with van der Waals surface area (Å²) in [5.74, 6) is 0.523. The molecule has 1 N–H and O–H groups in total. The van der Waals surface area contributed by atoms with Crippen LogP contribution in [-0.4, -0.2) is 23.9 Å². The van der Waals surface area contributed by atoms with Crippen LogP contribution in [0.1, 0.15) is 10.4 Å². The van der Waals surface area contributed by atoms with E-state index in [0.29, 0.717) is 18.7 Å². The summed E-state index contributed by atoms with van der Waals surface area (Å²) in [7, 11) is 0. The predicted octanol–water partition coefficient (Wildman–Crippen LogP) is -0.120. The molecule has 0 bridgehead atoms. The third-order valence-electron chi connectivity index (χ3n) is 2.50. The van der Waals surface area contributed by atoms with E-state index in [2.05, 4.69) is 5.32 Å². The summed E-state index contributed by atoms with van der Waals surface area (Å²) >= 11 is 0. The highest BCUT2D eigenvalue weighted by Gasteiger charge is 2.17. The zero-order chi connectivity index (χ0) is 9.97. The van der Waals surface area contributed by atoms with Crippen LogP contribution in [-0.2, 0) is 6.54 Å². The van der Waals surface area contributed by atoms with Crippen molar-refractivity contribution in [2.24, 2.45) is 5.92 Å². The van der Waals surface area contributed by atoms with E-state index >= 15 is 0 Å². The van der Waals surface area contributed by atoms with Crippen molar-refractivity contribution in [2.45, 2.75) is 6.54 Å². The van der Waals surface area contributed by atoms with Gasteiger partial charge in [0.1, 0.15) is 0 Å².